The Labute approximate surface area is 165 Å². The van der Waals surface area contributed by atoms with E-state index >= 15 is 0 Å². The van der Waals surface area contributed by atoms with Gasteiger partial charge in [-0.3, -0.25) is 19.8 Å². The van der Waals surface area contributed by atoms with E-state index in [0.717, 1.165) is 10.5 Å². The number of carbonyl (C=O) groups excluding carboxylic acids is 2. The van der Waals surface area contributed by atoms with Gasteiger partial charge in [-0.2, -0.15) is 0 Å². The van der Waals surface area contributed by atoms with Gasteiger partial charge in [0.25, 0.3) is 11.6 Å². The number of oxazole rings is 1. The smallest absolute Gasteiger partial charge is 0.325 e. The first kappa shape index (κ1) is 18.4. The Morgan fingerprint density at radius 2 is 1.93 bits per heavy atom. The molecule has 0 saturated carbocycles. The van der Waals surface area contributed by atoms with Crippen molar-refractivity contribution in [3.63, 3.8) is 0 Å². The Morgan fingerprint density at radius 1 is 1.17 bits per heavy atom. The standard InChI is InChI=1S/C20H16N4O5/c1-20(14-8-5-9-15(10-14)24(27)28)18(25)23(19(26)22-20)12-17-21-11-16(29-17)13-6-3-2-4-7-13/h2-11H,12H2,1H3,(H,22,26). The van der Waals surface area contributed by atoms with Gasteiger partial charge in [-0.1, -0.05) is 42.5 Å². The molecule has 1 unspecified atom stereocenters. The zero-order valence-electron chi connectivity index (χ0n) is 15.4. The number of hydrogen-bond acceptors (Lipinski definition) is 6. The molecule has 1 fully saturated rings. The van der Waals surface area contributed by atoms with Crippen LogP contribution in [0.1, 0.15) is 18.4 Å². The summed E-state index contributed by atoms with van der Waals surface area (Å²) in [6.45, 7) is 1.36. The molecule has 3 amide bonds. The molecule has 0 spiro atoms. The van der Waals surface area contributed by atoms with Gasteiger partial charge in [0, 0.05) is 17.7 Å². The molecule has 1 N–H and O–H groups in total. The summed E-state index contributed by atoms with van der Waals surface area (Å²) < 4.78 is 5.68. The quantitative estimate of drug-likeness (QED) is 0.405. The summed E-state index contributed by atoms with van der Waals surface area (Å²) >= 11 is 0. The van der Waals surface area contributed by atoms with Crippen molar-refractivity contribution in [2.24, 2.45) is 0 Å². The van der Waals surface area contributed by atoms with Crippen LogP contribution in [0.3, 0.4) is 0 Å². The molecule has 29 heavy (non-hydrogen) atoms. The van der Waals surface area contributed by atoms with Gasteiger partial charge in [0.2, 0.25) is 5.89 Å². The van der Waals surface area contributed by atoms with E-state index in [9.17, 15) is 19.7 Å². The minimum atomic E-state index is -1.42. The number of imide groups is 1. The Bertz CT molecular complexity index is 1110. The van der Waals surface area contributed by atoms with Crippen LogP contribution in [0.5, 0.6) is 0 Å². The van der Waals surface area contributed by atoms with Crippen LogP contribution < -0.4 is 5.32 Å². The molecular formula is C20H16N4O5. The highest BCUT2D eigenvalue weighted by molar-refractivity contribution is 6.07. The molecule has 0 aliphatic carbocycles. The van der Waals surface area contributed by atoms with E-state index in [1.807, 2.05) is 30.3 Å². The van der Waals surface area contributed by atoms with Crippen molar-refractivity contribution in [2.45, 2.75) is 19.0 Å². The van der Waals surface area contributed by atoms with Crippen molar-refractivity contribution in [1.29, 1.82) is 0 Å². The van der Waals surface area contributed by atoms with E-state index in [1.165, 1.54) is 31.3 Å². The normalized spacial score (nSPS) is 18.7. The number of nitro groups is 1. The first-order valence-corrected chi connectivity index (χ1v) is 8.77. The lowest BCUT2D eigenvalue weighted by molar-refractivity contribution is -0.385. The van der Waals surface area contributed by atoms with Gasteiger partial charge in [0.15, 0.2) is 5.76 Å². The Balaban J connectivity index is 1.58. The number of carbonyl (C=O) groups is 2. The summed E-state index contributed by atoms with van der Waals surface area (Å²) in [6.07, 6.45) is 1.53. The summed E-state index contributed by atoms with van der Waals surface area (Å²) in [5.74, 6) is 0.187. The van der Waals surface area contributed by atoms with Gasteiger partial charge in [-0.15, -0.1) is 0 Å². The predicted molar refractivity (Wildman–Crippen MR) is 101 cm³/mol. The van der Waals surface area contributed by atoms with Crippen molar-refractivity contribution < 1.29 is 18.9 Å². The number of rotatable bonds is 5. The molecule has 2 aromatic carbocycles. The van der Waals surface area contributed by atoms with Crippen LogP contribution in [0.4, 0.5) is 10.5 Å². The Kier molecular flexibility index (Phi) is 4.34. The van der Waals surface area contributed by atoms with E-state index in [-0.39, 0.29) is 18.1 Å². The summed E-state index contributed by atoms with van der Waals surface area (Å²) in [4.78, 5) is 41.1. The molecule has 3 aromatic rings. The maximum absolute atomic E-state index is 13.0. The van der Waals surface area contributed by atoms with Crippen molar-refractivity contribution >= 4 is 17.6 Å². The predicted octanol–water partition coefficient (Wildman–Crippen LogP) is 3.22. The fourth-order valence-corrected chi connectivity index (χ4v) is 3.22. The van der Waals surface area contributed by atoms with Crippen LogP contribution in [0.2, 0.25) is 0 Å². The molecule has 1 atom stereocenters. The van der Waals surface area contributed by atoms with Crippen molar-refractivity contribution in [1.82, 2.24) is 15.2 Å². The molecule has 9 nitrogen and oxygen atoms in total. The number of nitrogens with zero attached hydrogens (tertiary/aromatic N) is 3. The van der Waals surface area contributed by atoms with E-state index in [4.69, 9.17) is 4.42 Å². The second-order valence-electron chi connectivity index (χ2n) is 6.74. The zero-order valence-corrected chi connectivity index (χ0v) is 15.4. The third kappa shape index (κ3) is 3.22. The molecule has 0 bridgehead atoms. The minimum Gasteiger partial charge on any atom is -0.439 e. The average Bonchev–Trinajstić information content (AvgIpc) is 3.28. The molecule has 1 aromatic heterocycles. The number of nitrogens with one attached hydrogen (secondary N) is 1. The maximum Gasteiger partial charge on any atom is 0.325 e. The minimum absolute atomic E-state index is 0.151. The molecule has 1 aliphatic rings. The van der Waals surface area contributed by atoms with Crippen LogP contribution in [-0.4, -0.2) is 26.7 Å². The maximum atomic E-state index is 13.0. The zero-order chi connectivity index (χ0) is 20.6. The van der Waals surface area contributed by atoms with Crippen LogP contribution in [-0.2, 0) is 16.9 Å². The van der Waals surface area contributed by atoms with Crippen molar-refractivity contribution in [3.05, 3.63) is 82.4 Å². The summed E-state index contributed by atoms with van der Waals surface area (Å²) in [7, 11) is 0. The third-order valence-corrected chi connectivity index (χ3v) is 4.81. The van der Waals surface area contributed by atoms with Crippen LogP contribution >= 0.6 is 0 Å². The number of non-ortho nitro benzene ring substituents is 1. The van der Waals surface area contributed by atoms with Gasteiger partial charge in [0.1, 0.15) is 12.1 Å². The molecular weight excluding hydrogens is 376 g/mol. The van der Waals surface area contributed by atoms with Gasteiger partial charge >= 0.3 is 6.03 Å². The molecule has 0 radical (unpaired) electrons. The lowest BCUT2D eigenvalue weighted by atomic mass is 9.91. The van der Waals surface area contributed by atoms with Crippen LogP contribution in [0.15, 0.2) is 65.2 Å². The number of nitro benzene ring substituents is 1. The van der Waals surface area contributed by atoms with Gasteiger partial charge in [0.05, 0.1) is 11.1 Å². The number of aromatic nitrogens is 1. The molecule has 9 heteroatoms. The Morgan fingerprint density at radius 3 is 2.66 bits per heavy atom. The molecule has 146 valence electrons. The average molecular weight is 392 g/mol. The molecule has 1 saturated heterocycles. The first-order chi connectivity index (χ1) is 13.9. The molecule has 1 aliphatic heterocycles. The van der Waals surface area contributed by atoms with Gasteiger partial charge < -0.3 is 9.73 Å². The van der Waals surface area contributed by atoms with Crippen LogP contribution in [0, 0.1) is 10.1 Å². The third-order valence-electron chi connectivity index (χ3n) is 4.81. The first-order valence-electron chi connectivity index (χ1n) is 8.77. The van der Waals surface area contributed by atoms with Gasteiger partial charge in [-0.05, 0) is 12.5 Å². The number of urea groups is 1. The number of amides is 3. The highest BCUT2D eigenvalue weighted by atomic mass is 16.6. The van der Waals surface area contributed by atoms with Crippen molar-refractivity contribution in [2.75, 3.05) is 0 Å². The molecule has 2 heterocycles. The summed E-state index contributed by atoms with van der Waals surface area (Å²) in [5.41, 5.74) is -0.433. The second-order valence-corrected chi connectivity index (χ2v) is 6.74. The van der Waals surface area contributed by atoms with Crippen molar-refractivity contribution in [3.8, 4) is 11.3 Å². The van der Waals surface area contributed by atoms with E-state index in [2.05, 4.69) is 10.3 Å². The number of hydrogen-bond donors (Lipinski definition) is 1. The lowest BCUT2D eigenvalue weighted by Crippen LogP contribution is -2.40. The second kappa shape index (κ2) is 6.86. The van der Waals surface area contributed by atoms with E-state index in [1.54, 1.807) is 6.07 Å². The SMILES string of the molecule is CC1(c2cccc([N+](=O)[O-])c2)NC(=O)N(Cc2ncc(-c3ccccc3)o2)C1=O. The van der Waals surface area contributed by atoms with E-state index < -0.39 is 22.4 Å². The number of benzene rings is 2. The largest absolute Gasteiger partial charge is 0.439 e. The lowest BCUT2D eigenvalue weighted by Gasteiger charge is -2.21. The highest BCUT2D eigenvalue weighted by Crippen LogP contribution is 2.32. The monoisotopic (exact) mass is 392 g/mol. The van der Waals surface area contributed by atoms with Crippen LogP contribution in [0.25, 0.3) is 11.3 Å². The topological polar surface area (TPSA) is 119 Å². The molecule has 4 rings (SSSR count). The summed E-state index contributed by atoms with van der Waals surface area (Å²) in [6, 6.07) is 14.3. The fraction of sp³-hybridized carbons (Fsp3) is 0.150. The Hall–Kier alpha value is -4.01. The highest BCUT2D eigenvalue weighted by Gasteiger charge is 2.49. The van der Waals surface area contributed by atoms with Gasteiger partial charge in [-0.25, -0.2) is 9.78 Å². The van der Waals surface area contributed by atoms with E-state index in [0.29, 0.717) is 11.3 Å². The fourth-order valence-electron chi connectivity index (χ4n) is 3.22. The summed E-state index contributed by atoms with van der Waals surface area (Å²) in [5, 5.41) is 13.7.